The molecular formula is C11H12ClN3. The van der Waals surface area contributed by atoms with Gasteiger partial charge in [0.15, 0.2) is 0 Å². The van der Waals surface area contributed by atoms with Crippen LogP contribution in [0.1, 0.15) is 5.56 Å². The fourth-order valence-electron chi connectivity index (χ4n) is 1.39. The standard InChI is InChI=1S/C11H11N3.ClH/c12-8-9-4-1-2-5-10(9)11-6-3-7-13-14-11;/h1-7H,8,12H2;1H. The van der Waals surface area contributed by atoms with Crippen LogP contribution in [0.2, 0.25) is 0 Å². The van der Waals surface area contributed by atoms with E-state index in [-0.39, 0.29) is 12.4 Å². The first-order valence-corrected chi connectivity index (χ1v) is 4.48. The summed E-state index contributed by atoms with van der Waals surface area (Å²) in [5.74, 6) is 0. The quantitative estimate of drug-likeness (QED) is 0.844. The van der Waals surface area contributed by atoms with Gasteiger partial charge in [-0.3, -0.25) is 0 Å². The van der Waals surface area contributed by atoms with Crippen LogP contribution < -0.4 is 5.73 Å². The molecule has 2 N–H and O–H groups in total. The van der Waals surface area contributed by atoms with Gasteiger partial charge in [-0.25, -0.2) is 0 Å². The van der Waals surface area contributed by atoms with Gasteiger partial charge in [-0.15, -0.1) is 12.4 Å². The third-order valence-corrected chi connectivity index (χ3v) is 2.09. The number of benzene rings is 1. The van der Waals surface area contributed by atoms with Gasteiger partial charge in [0.25, 0.3) is 0 Å². The highest BCUT2D eigenvalue weighted by atomic mass is 35.5. The Bertz CT molecular complexity index is 417. The average Bonchev–Trinajstić information content (AvgIpc) is 2.30. The van der Waals surface area contributed by atoms with E-state index in [0.717, 1.165) is 16.8 Å². The Kier molecular flexibility index (Phi) is 4.21. The Morgan fingerprint density at radius 1 is 1.07 bits per heavy atom. The van der Waals surface area contributed by atoms with Gasteiger partial charge in [-0.1, -0.05) is 24.3 Å². The molecule has 0 amide bonds. The minimum Gasteiger partial charge on any atom is -0.326 e. The zero-order valence-electron chi connectivity index (χ0n) is 8.13. The summed E-state index contributed by atoms with van der Waals surface area (Å²) in [4.78, 5) is 0. The van der Waals surface area contributed by atoms with Crippen molar-refractivity contribution in [1.82, 2.24) is 10.2 Å². The predicted molar refractivity (Wildman–Crippen MR) is 62.6 cm³/mol. The first kappa shape index (κ1) is 11.6. The molecule has 0 unspecified atom stereocenters. The summed E-state index contributed by atoms with van der Waals surface area (Å²) < 4.78 is 0. The normalized spacial score (nSPS) is 9.40. The fourth-order valence-corrected chi connectivity index (χ4v) is 1.39. The highest BCUT2D eigenvalue weighted by Gasteiger charge is 2.03. The maximum Gasteiger partial charge on any atom is 0.0932 e. The summed E-state index contributed by atoms with van der Waals surface area (Å²) in [5, 5.41) is 7.90. The molecule has 0 radical (unpaired) electrons. The van der Waals surface area contributed by atoms with Crippen LogP contribution in [0.25, 0.3) is 11.3 Å². The number of hydrogen-bond acceptors (Lipinski definition) is 3. The zero-order chi connectivity index (χ0) is 9.80. The van der Waals surface area contributed by atoms with Crippen molar-refractivity contribution in [2.45, 2.75) is 6.54 Å². The lowest BCUT2D eigenvalue weighted by Crippen LogP contribution is -1.99. The van der Waals surface area contributed by atoms with E-state index in [1.54, 1.807) is 6.20 Å². The smallest absolute Gasteiger partial charge is 0.0932 e. The number of nitrogens with two attached hydrogens (primary N) is 1. The molecule has 15 heavy (non-hydrogen) atoms. The third-order valence-electron chi connectivity index (χ3n) is 2.09. The lowest BCUT2D eigenvalue weighted by Gasteiger charge is -2.04. The summed E-state index contributed by atoms with van der Waals surface area (Å²) in [6, 6.07) is 11.8. The molecule has 1 aromatic carbocycles. The fraction of sp³-hybridized carbons (Fsp3) is 0.0909. The van der Waals surface area contributed by atoms with E-state index in [4.69, 9.17) is 5.73 Å². The maximum atomic E-state index is 5.64. The van der Waals surface area contributed by atoms with Crippen molar-refractivity contribution in [1.29, 1.82) is 0 Å². The van der Waals surface area contributed by atoms with Crippen molar-refractivity contribution in [3.8, 4) is 11.3 Å². The van der Waals surface area contributed by atoms with Crippen molar-refractivity contribution < 1.29 is 0 Å². The van der Waals surface area contributed by atoms with Gasteiger partial charge in [0, 0.05) is 18.3 Å². The monoisotopic (exact) mass is 221 g/mol. The number of hydrogen-bond donors (Lipinski definition) is 1. The van der Waals surface area contributed by atoms with Crippen LogP contribution in [0.5, 0.6) is 0 Å². The van der Waals surface area contributed by atoms with Gasteiger partial charge >= 0.3 is 0 Å². The van der Waals surface area contributed by atoms with Crippen molar-refractivity contribution in [3.63, 3.8) is 0 Å². The molecule has 0 saturated heterocycles. The second-order valence-corrected chi connectivity index (χ2v) is 2.97. The zero-order valence-corrected chi connectivity index (χ0v) is 8.95. The molecule has 1 heterocycles. The Labute approximate surface area is 94.8 Å². The topological polar surface area (TPSA) is 51.8 Å². The predicted octanol–water partition coefficient (Wildman–Crippen LogP) is 2.02. The lowest BCUT2D eigenvalue weighted by atomic mass is 10.0. The highest BCUT2D eigenvalue weighted by molar-refractivity contribution is 5.85. The Morgan fingerprint density at radius 3 is 2.53 bits per heavy atom. The van der Waals surface area contributed by atoms with E-state index in [1.807, 2.05) is 36.4 Å². The maximum absolute atomic E-state index is 5.64. The van der Waals surface area contributed by atoms with Crippen molar-refractivity contribution >= 4 is 12.4 Å². The highest BCUT2D eigenvalue weighted by Crippen LogP contribution is 2.19. The molecule has 2 aromatic rings. The molecule has 0 aliphatic carbocycles. The minimum atomic E-state index is 0. The largest absolute Gasteiger partial charge is 0.326 e. The van der Waals surface area contributed by atoms with Crippen LogP contribution >= 0.6 is 12.4 Å². The summed E-state index contributed by atoms with van der Waals surface area (Å²) in [6.45, 7) is 0.521. The van der Waals surface area contributed by atoms with E-state index < -0.39 is 0 Å². The van der Waals surface area contributed by atoms with Crippen molar-refractivity contribution in [2.24, 2.45) is 5.73 Å². The Balaban J connectivity index is 0.00000112. The van der Waals surface area contributed by atoms with Gasteiger partial charge < -0.3 is 5.73 Å². The van der Waals surface area contributed by atoms with Crippen LogP contribution in [0.4, 0.5) is 0 Å². The van der Waals surface area contributed by atoms with E-state index >= 15 is 0 Å². The number of halogens is 1. The van der Waals surface area contributed by atoms with E-state index in [9.17, 15) is 0 Å². The summed E-state index contributed by atoms with van der Waals surface area (Å²) in [6.07, 6.45) is 1.66. The molecule has 78 valence electrons. The number of nitrogens with zero attached hydrogens (tertiary/aromatic N) is 2. The Hall–Kier alpha value is -1.45. The molecule has 2 rings (SSSR count). The van der Waals surface area contributed by atoms with Crippen LogP contribution in [0.15, 0.2) is 42.6 Å². The van der Waals surface area contributed by atoms with Crippen molar-refractivity contribution in [3.05, 3.63) is 48.2 Å². The molecule has 0 saturated carbocycles. The van der Waals surface area contributed by atoms with Gasteiger partial charge in [-0.2, -0.15) is 10.2 Å². The summed E-state index contributed by atoms with van der Waals surface area (Å²) in [7, 11) is 0. The summed E-state index contributed by atoms with van der Waals surface area (Å²) in [5.41, 5.74) is 8.66. The molecule has 0 fully saturated rings. The second kappa shape index (κ2) is 5.44. The molecule has 4 heteroatoms. The summed E-state index contributed by atoms with van der Waals surface area (Å²) >= 11 is 0. The molecule has 0 bridgehead atoms. The molecule has 1 aromatic heterocycles. The minimum absolute atomic E-state index is 0. The number of rotatable bonds is 2. The first-order valence-electron chi connectivity index (χ1n) is 4.48. The lowest BCUT2D eigenvalue weighted by molar-refractivity contribution is 1.02. The van der Waals surface area contributed by atoms with Gasteiger partial charge in [0.2, 0.25) is 0 Å². The second-order valence-electron chi connectivity index (χ2n) is 2.97. The van der Waals surface area contributed by atoms with Crippen LogP contribution in [-0.4, -0.2) is 10.2 Å². The van der Waals surface area contributed by atoms with Gasteiger partial charge in [0.05, 0.1) is 5.69 Å². The molecule has 0 aliphatic heterocycles. The van der Waals surface area contributed by atoms with Crippen LogP contribution in [0.3, 0.4) is 0 Å². The first-order chi connectivity index (χ1) is 6.92. The van der Waals surface area contributed by atoms with Gasteiger partial charge in [-0.05, 0) is 17.7 Å². The Morgan fingerprint density at radius 2 is 1.87 bits per heavy atom. The third kappa shape index (κ3) is 2.52. The number of aromatic nitrogens is 2. The SMILES string of the molecule is Cl.NCc1ccccc1-c1cccnn1. The van der Waals surface area contributed by atoms with Gasteiger partial charge in [0.1, 0.15) is 0 Å². The average molecular weight is 222 g/mol. The molecule has 0 atom stereocenters. The van der Waals surface area contributed by atoms with E-state index in [0.29, 0.717) is 6.54 Å². The van der Waals surface area contributed by atoms with E-state index in [1.165, 1.54) is 0 Å². The van der Waals surface area contributed by atoms with E-state index in [2.05, 4.69) is 10.2 Å². The molecule has 0 aliphatic rings. The van der Waals surface area contributed by atoms with Crippen LogP contribution in [-0.2, 0) is 6.54 Å². The molecular weight excluding hydrogens is 210 g/mol. The van der Waals surface area contributed by atoms with Crippen molar-refractivity contribution in [2.75, 3.05) is 0 Å². The molecule has 3 nitrogen and oxygen atoms in total. The van der Waals surface area contributed by atoms with Crippen LogP contribution in [0, 0.1) is 0 Å². The molecule has 0 spiro atoms.